The first-order valence-corrected chi connectivity index (χ1v) is 5.17. The van der Waals surface area contributed by atoms with Crippen molar-refractivity contribution < 1.29 is 27.6 Å². The van der Waals surface area contributed by atoms with Crippen LogP contribution in [0.4, 0.5) is 13.2 Å². The lowest BCUT2D eigenvalue weighted by atomic mass is 10.3. The molecule has 0 saturated carbocycles. The predicted molar refractivity (Wildman–Crippen MR) is 53.5 cm³/mol. The van der Waals surface area contributed by atoms with E-state index in [0.717, 1.165) is 0 Å². The standard InChI is InChI=1S/C8H20N.C2HF3O2/c1-5-7-8-9(3,4)6-2;3-2(4,5)1(6)7/h5-8H2,1-4H3;(H,6,7)/q+1;/p-1. The number of carbonyl (C=O) groups excluding carboxylic acids is 1. The summed E-state index contributed by atoms with van der Waals surface area (Å²) in [4.78, 5) is 8.78. The maximum absolute atomic E-state index is 10.5. The minimum Gasteiger partial charge on any atom is -0.542 e. The molecule has 0 heterocycles. The van der Waals surface area contributed by atoms with E-state index in [1.165, 1.54) is 30.4 Å². The number of carbonyl (C=O) groups is 1. The van der Waals surface area contributed by atoms with E-state index in [1.54, 1.807) is 0 Å². The highest BCUT2D eigenvalue weighted by Gasteiger charge is 2.28. The smallest absolute Gasteiger partial charge is 0.430 e. The van der Waals surface area contributed by atoms with Crippen LogP contribution in [0.1, 0.15) is 26.7 Å². The van der Waals surface area contributed by atoms with Gasteiger partial charge >= 0.3 is 6.18 Å². The Hall–Kier alpha value is -0.780. The van der Waals surface area contributed by atoms with Gasteiger partial charge in [-0.25, -0.2) is 0 Å². The molecule has 3 nitrogen and oxygen atoms in total. The van der Waals surface area contributed by atoms with Crippen LogP contribution < -0.4 is 5.11 Å². The maximum atomic E-state index is 10.5. The zero-order valence-electron chi connectivity index (χ0n) is 10.2. The molecular weight excluding hydrogens is 223 g/mol. The van der Waals surface area contributed by atoms with Crippen LogP contribution >= 0.6 is 0 Å². The molecule has 0 aliphatic rings. The van der Waals surface area contributed by atoms with Gasteiger partial charge in [0.05, 0.1) is 27.2 Å². The van der Waals surface area contributed by atoms with Crippen LogP contribution in [0.5, 0.6) is 0 Å². The van der Waals surface area contributed by atoms with Crippen molar-refractivity contribution in [3.63, 3.8) is 0 Å². The molecule has 0 N–H and O–H groups in total. The van der Waals surface area contributed by atoms with Gasteiger partial charge in [-0.05, 0) is 13.3 Å². The van der Waals surface area contributed by atoms with E-state index < -0.39 is 12.1 Å². The minimum absolute atomic E-state index is 1.17. The van der Waals surface area contributed by atoms with E-state index in [1.807, 2.05) is 0 Å². The Morgan fingerprint density at radius 3 is 1.81 bits per heavy atom. The fraction of sp³-hybridized carbons (Fsp3) is 0.900. The Morgan fingerprint density at radius 1 is 1.25 bits per heavy atom. The lowest BCUT2D eigenvalue weighted by Crippen LogP contribution is -2.39. The number of carboxylic acid groups (broad SMARTS) is 1. The number of quaternary nitrogens is 1. The van der Waals surface area contributed by atoms with Gasteiger partial charge in [0, 0.05) is 0 Å². The molecule has 0 spiro atoms. The fourth-order valence-corrected chi connectivity index (χ4v) is 0.744. The third kappa shape index (κ3) is 11.3. The van der Waals surface area contributed by atoms with Crippen molar-refractivity contribution in [1.82, 2.24) is 0 Å². The Bertz CT molecular complexity index is 203. The second kappa shape index (κ2) is 7.49. The van der Waals surface area contributed by atoms with Crippen molar-refractivity contribution in [3.8, 4) is 0 Å². The third-order valence-electron chi connectivity index (χ3n) is 2.20. The molecule has 0 saturated heterocycles. The molecular formula is C10H20F3NO2. The molecule has 0 fully saturated rings. The number of alkyl halides is 3. The first kappa shape index (κ1) is 17.6. The van der Waals surface area contributed by atoms with Crippen molar-refractivity contribution in [3.05, 3.63) is 0 Å². The highest BCUT2D eigenvalue weighted by atomic mass is 19.4. The Labute approximate surface area is 94.5 Å². The molecule has 0 rings (SSSR count). The summed E-state index contributed by atoms with van der Waals surface area (Å²) in [6.45, 7) is 7.07. The Balaban J connectivity index is 0. The van der Waals surface area contributed by atoms with E-state index in [0.29, 0.717) is 0 Å². The minimum atomic E-state index is -5.19. The average molecular weight is 243 g/mol. The third-order valence-corrected chi connectivity index (χ3v) is 2.20. The number of hydrogen-bond donors (Lipinski definition) is 0. The second-order valence-corrected chi connectivity index (χ2v) is 4.11. The quantitative estimate of drug-likeness (QED) is 0.696. The van der Waals surface area contributed by atoms with Gasteiger partial charge in [0.15, 0.2) is 0 Å². The normalized spacial score (nSPS) is 11.7. The molecule has 0 aromatic heterocycles. The summed E-state index contributed by atoms with van der Waals surface area (Å²) in [5.74, 6) is -3.01. The van der Waals surface area contributed by atoms with Gasteiger partial charge in [-0.2, -0.15) is 13.2 Å². The molecule has 0 radical (unpaired) electrons. The van der Waals surface area contributed by atoms with Crippen molar-refractivity contribution in [2.24, 2.45) is 0 Å². The number of nitrogens with zero attached hydrogens (tertiary/aromatic N) is 1. The van der Waals surface area contributed by atoms with Crippen molar-refractivity contribution in [2.45, 2.75) is 32.9 Å². The molecule has 0 amide bonds. The second-order valence-electron chi connectivity index (χ2n) is 4.11. The molecule has 0 aliphatic carbocycles. The summed E-state index contributed by atoms with van der Waals surface area (Å²) in [5, 5.41) is 8.78. The topological polar surface area (TPSA) is 40.1 Å². The number of hydrogen-bond acceptors (Lipinski definition) is 2. The number of aliphatic carboxylic acids is 1. The van der Waals surface area contributed by atoms with Crippen LogP contribution in [0, 0.1) is 0 Å². The van der Waals surface area contributed by atoms with E-state index in [4.69, 9.17) is 9.90 Å². The van der Waals surface area contributed by atoms with E-state index >= 15 is 0 Å². The summed E-state index contributed by atoms with van der Waals surface area (Å²) in [6, 6.07) is 0. The number of rotatable bonds is 4. The molecule has 0 unspecified atom stereocenters. The van der Waals surface area contributed by atoms with Crippen LogP contribution in [0.25, 0.3) is 0 Å². The van der Waals surface area contributed by atoms with Gasteiger partial charge in [-0.3, -0.25) is 0 Å². The predicted octanol–water partition coefficient (Wildman–Crippen LogP) is 1.18. The van der Waals surface area contributed by atoms with Crippen LogP contribution in [-0.4, -0.2) is 43.8 Å². The molecule has 0 aromatic carbocycles. The van der Waals surface area contributed by atoms with Gasteiger partial charge < -0.3 is 14.4 Å². The van der Waals surface area contributed by atoms with Crippen LogP contribution in [0.3, 0.4) is 0 Å². The first-order valence-electron chi connectivity index (χ1n) is 5.17. The monoisotopic (exact) mass is 243 g/mol. The molecule has 98 valence electrons. The summed E-state index contributed by atoms with van der Waals surface area (Å²) in [6.07, 6.45) is -2.51. The zero-order chi connectivity index (χ0) is 13.4. The molecule has 16 heavy (non-hydrogen) atoms. The fourth-order valence-electron chi connectivity index (χ4n) is 0.744. The molecule has 0 atom stereocenters. The number of unbranched alkanes of at least 4 members (excludes halogenated alkanes) is 1. The largest absolute Gasteiger partial charge is 0.542 e. The highest BCUT2D eigenvalue weighted by molar-refractivity contribution is 5.70. The maximum Gasteiger partial charge on any atom is 0.430 e. The average Bonchev–Trinajstić information content (AvgIpc) is 2.14. The first-order chi connectivity index (χ1) is 7.06. The van der Waals surface area contributed by atoms with Crippen LogP contribution in [0.15, 0.2) is 0 Å². The SMILES string of the molecule is CCCC[N+](C)(C)CC.O=C([O-])C(F)(F)F. The molecule has 0 aliphatic heterocycles. The van der Waals surface area contributed by atoms with E-state index in [9.17, 15) is 13.2 Å². The Kier molecular flexibility index (Phi) is 8.24. The Morgan fingerprint density at radius 2 is 1.62 bits per heavy atom. The summed E-state index contributed by atoms with van der Waals surface area (Å²) in [7, 11) is 4.57. The summed E-state index contributed by atoms with van der Waals surface area (Å²) in [5.41, 5.74) is 0. The lowest BCUT2D eigenvalue weighted by molar-refractivity contribution is -0.888. The van der Waals surface area contributed by atoms with Gasteiger partial charge in [-0.1, -0.05) is 13.3 Å². The zero-order valence-corrected chi connectivity index (χ0v) is 10.2. The van der Waals surface area contributed by atoms with Crippen LogP contribution in [0.2, 0.25) is 0 Å². The highest BCUT2D eigenvalue weighted by Crippen LogP contribution is 2.11. The van der Waals surface area contributed by atoms with Crippen LogP contribution in [-0.2, 0) is 4.79 Å². The van der Waals surface area contributed by atoms with Crippen molar-refractivity contribution in [1.29, 1.82) is 0 Å². The molecule has 0 bridgehead atoms. The van der Waals surface area contributed by atoms with Gasteiger partial charge in [0.1, 0.15) is 5.97 Å². The van der Waals surface area contributed by atoms with E-state index in [-0.39, 0.29) is 0 Å². The molecule has 6 heteroatoms. The lowest BCUT2D eigenvalue weighted by Gasteiger charge is -2.27. The van der Waals surface area contributed by atoms with E-state index in [2.05, 4.69) is 27.9 Å². The number of halogens is 3. The van der Waals surface area contributed by atoms with Crippen molar-refractivity contribution >= 4 is 5.97 Å². The van der Waals surface area contributed by atoms with Gasteiger partial charge in [0.2, 0.25) is 0 Å². The summed E-state index contributed by atoms with van der Waals surface area (Å²) >= 11 is 0. The summed E-state index contributed by atoms with van der Waals surface area (Å²) < 4.78 is 32.7. The number of carboxylic acids is 1. The molecule has 0 aromatic rings. The van der Waals surface area contributed by atoms with Gasteiger partial charge in [0.25, 0.3) is 0 Å². The van der Waals surface area contributed by atoms with Gasteiger partial charge in [-0.15, -0.1) is 0 Å². The van der Waals surface area contributed by atoms with Crippen molar-refractivity contribution in [2.75, 3.05) is 27.2 Å².